The summed E-state index contributed by atoms with van der Waals surface area (Å²) in [7, 11) is 0. The highest BCUT2D eigenvalue weighted by Gasteiger charge is 2.17. The molecule has 1 saturated heterocycles. The van der Waals surface area contributed by atoms with Crippen LogP contribution in [0.15, 0.2) is 4.52 Å². The number of rotatable bonds is 3. The zero-order valence-corrected chi connectivity index (χ0v) is 8.60. The molecular formula is C9H13N3O3. The Labute approximate surface area is 87.2 Å². The molecule has 0 amide bonds. The van der Waals surface area contributed by atoms with Crippen molar-refractivity contribution in [2.45, 2.75) is 13.3 Å². The number of carbonyl (C=O) groups excluding carboxylic acids is 1. The number of carbonyl (C=O) groups is 1. The molecule has 0 spiro atoms. The minimum absolute atomic E-state index is 0.0205. The molecule has 82 valence electrons. The van der Waals surface area contributed by atoms with Gasteiger partial charge < -0.3 is 14.2 Å². The van der Waals surface area contributed by atoms with E-state index in [1.54, 1.807) is 0 Å². The van der Waals surface area contributed by atoms with E-state index in [0.717, 1.165) is 13.1 Å². The molecule has 1 aromatic rings. The molecule has 1 aromatic heterocycles. The van der Waals surface area contributed by atoms with E-state index in [1.807, 2.05) is 4.90 Å². The molecule has 0 aliphatic carbocycles. The van der Waals surface area contributed by atoms with E-state index in [4.69, 9.17) is 9.26 Å². The van der Waals surface area contributed by atoms with E-state index in [9.17, 15) is 4.79 Å². The zero-order valence-electron chi connectivity index (χ0n) is 8.60. The average molecular weight is 211 g/mol. The topological polar surface area (TPSA) is 68.5 Å². The van der Waals surface area contributed by atoms with E-state index in [2.05, 4.69) is 10.1 Å². The van der Waals surface area contributed by atoms with Crippen LogP contribution in [0.2, 0.25) is 0 Å². The fourth-order valence-corrected chi connectivity index (χ4v) is 1.42. The van der Waals surface area contributed by atoms with E-state index in [1.165, 1.54) is 6.92 Å². The van der Waals surface area contributed by atoms with Gasteiger partial charge in [-0.1, -0.05) is 0 Å². The number of hydrogen-bond acceptors (Lipinski definition) is 6. The van der Waals surface area contributed by atoms with Gasteiger partial charge in [-0.05, 0) is 12.1 Å². The highest BCUT2D eigenvalue weighted by atomic mass is 16.5. The molecule has 2 heterocycles. The maximum Gasteiger partial charge on any atom is 0.266 e. The summed E-state index contributed by atoms with van der Waals surface area (Å²) in [5, 5.41) is 3.82. The summed E-state index contributed by atoms with van der Waals surface area (Å²) in [4.78, 5) is 17.0. The molecule has 1 fully saturated rings. The van der Waals surface area contributed by atoms with Crippen molar-refractivity contribution < 1.29 is 14.1 Å². The predicted octanol–water partition coefficient (Wildman–Crippen LogP) is 0.0377. The van der Waals surface area contributed by atoms with Gasteiger partial charge in [0.05, 0.1) is 19.6 Å². The number of ketones is 1. The van der Waals surface area contributed by atoms with Crippen molar-refractivity contribution in [3.8, 4) is 0 Å². The Morgan fingerprint density at radius 2 is 2.20 bits per heavy atom. The van der Waals surface area contributed by atoms with Gasteiger partial charge in [-0.3, -0.25) is 4.79 Å². The summed E-state index contributed by atoms with van der Waals surface area (Å²) in [5.74, 6) is 0.950. The van der Waals surface area contributed by atoms with E-state index in [0.29, 0.717) is 25.1 Å². The standard InChI is InChI=1S/C9H13N3O3/c1-7(13)6-8-10-9(11-15-8)12-2-4-14-5-3-12/h2-6H2,1H3. The molecule has 0 aromatic carbocycles. The molecule has 1 aliphatic heterocycles. The summed E-state index contributed by atoms with van der Waals surface area (Å²) < 4.78 is 10.2. The van der Waals surface area contributed by atoms with Gasteiger partial charge in [0.25, 0.3) is 5.95 Å². The molecule has 6 heteroatoms. The minimum Gasteiger partial charge on any atom is -0.378 e. The van der Waals surface area contributed by atoms with Crippen LogP contribution in [0.5, 0.6) is 0 Å². The molecule has 0 bridgehead atoms. The van der Waals surface area contributed by atoms with Gasteiger partial charge in [-0.25, -0.2) is 0 Å². The van der Waals surface area contributed by atoms with E-state index < -0.39 is 0 Å². The minimum atomic E-state index is 0.0205. The molecule has 0 saturated carbocycles. The van der Waals surface area contributed by atoms with Crippen molar-refractivity contribution in [1.29, 1.82) is 0 Å². The van der Waals surface area contributed by atoms with Crippen LogP contribution in [-0.4, -0.2) is 42.2 Å². The molecule has 0 radical (unpaired) electrons. The Morgan fingerprint density at radius 3 is 2.87 bits per heavy atom. The Kier molecular flexibility index (Phi) is 2.96. The Bertz CT molecular complexity index is 344. The van der Waals surface area contributed by atoms with Gasteiger partial charge in [0, 0.05) is 13.1 Å². The second kappa shape index (κ2) is 4.39. The van der Waals surface area contributed by atoms with Gasteiger partial charge in [-0.15, -0.1) is 0 Å². The lowest BCUT2D eigenvalue weighted by Gasteiger charge is -2.24. The summed E-state index contributed by atoms with van der Waals surface area (Å²) in [6.07, 6.45) is 0.206. The quantitative estimate of drug-likeness (QED) is 0.703. The SMILES string of the molecule is CC(=O)Cc1nc(N2CCOCC2)no1. The van der Waals surface area contributed by atoms with Gasteiger partial charge in [0.1, 0.15) is 5.78 Å². The third kappa shape index (κ3) is 2.53. The largest absolute Gasteiger partial charge is 0.378 e. The van der Waals surface area contributed by atoms with E-state index >= 15 is 0 Å². The van der Waals surface area contributed by atoms with Crippen molar-refractivity contribution in [1.82, 2.24) is 10.1 Å². The first kappa shape index (κ1) is 10.1. The van der Waals surface area contributed by atoms with Gasteiger partial charge in [-0.2, -0.15) is 4.98 Å². The van der Waals surface area contributed by atoms with E-state index in [-0.39, 0.29) is 12.2 Å². The highest BCUT2D eigenvalue weighted by molar-refractivity contribution is 5.77. The lowest BCUT2D eigenvalue weighted by molar-refractivity contribution is -0.116. The Balaban J connectivity index is 2.02. The predicted molar refractivity (Wildman–Crippen MR) is 51.7 cm³/mol. The Hall–Kier alpha value is -1.43. The Morgan fingerprint density at radius 1 is 1.47 bits per heavy atom. The van der Waals surface area contributed by atoms with Gasteiger partial charge in [0.2, 0.25) is 5.89 Å². The highest BCUT2D eigenvalue weighted by Crippen LogP contribution is 2.11. The van der Waals surface area contributed by atoms with Crippen LogP contribution in [0.3, 0.4) is 0 Å². The third-order valence-corrected chi connectivity index (χ3v) is 2.15. The summed E-state index contributed by atoms with van der Waals surface area (Å²) in [6.45, 7) is 4.38. The third-order valence-electron chi connectivity index (χ3n) is 2.15. The van der Waals surface area contributed by atoms with Gasteiger partial charge >= 0.3 is 0 Å². The number of morpholine rings is 1. The van der Waals surface area contributed by atoms with Crippen molar-refractivity contribution >= 4 is 11.7 Å². The molecule has 1 aliphatic rings. The molecule has 6 nitrogen and oxygen atoms in total. The van der Waals surface area contributed by atoms with Crippen molar-refractivity contribution in [3.63, 3.8) is 0 Å². The van der Waals surface area contributed by atoms with Crippen LogP contribution in [0.25, 0.3) is 0 Å². The van der Waals surface area contributed by atoms with Crippen molar-refractivity contribution in [3.05, 3.63) is 5.89 Å². The number of Topliss-reactive ketones (excluding diaryl/α,β-unsaturated/α-hetero) is 1. The van der Waals surface area contributed by atoms with Crippen LogP contribution in [0.1, 0.15) is 12.8 Å². The number of hydrogen-bond donors (Lipinski definition) is 0. The van der Waals surface area contributed by atoms with Crippen LogP contribution in [0.4, 0.5) is 5.95 Å². The molecule has 0 N–H and O–H groups in total. The number of anilines is 1. The maximum atomic E-state index is 10.8. The second-order valence-corrected chi connectivity index (χ2v) is 3.47. The fraction of sp³-hybridized carbons (Fsp3) is 0.667. The normalized spacial score (nSPS) is 16.7. The number of aromatic nitrogens is 2. The first-order valence-electron chi connectivity index (χ1n) is 4.90. The summed E-state index contributed by atoms with van der Waals surface area (Å²) >= 11 is 0. The second-order valence-electron chi connectivity index (χ2n) is 3.47. The molecular weight excluding hydrogens is 198 g/mol. The zero-order chi connectivity index (χ0) is 10.7. The number of ether oxygens (including phenoxy) is 1. The van der Waals surface area contributed by atoms with Crippen LogP contribution in [-0.2, 0) is 16.0 Å². The van der Waals surface area contributed by atoms with Crippen LogP contribution >= 0.6 is 0 Å². The van der Waals surface area contributed by atoms with Gasteiger partial charge in [0.15, 0.2) is 0 Å². The van der Waals surface area contributed by atoms with Crippen molar-refractivity contribution in [2.75, 3.05) is 31.2 Å². The molecule has 15 heavy (non-hydrogen) atoms. The molecule has 2 rings (SSSR count). The summed E-state index contributed by atoms with van der Waals surface area (Å²) in [5.41, 5.74) is 0. The summed E-state index contributed by atoms with van der Waals surface area (Å²) in [6, 6.07) is 0. The van der Waals surface area contributed by atoms with Crippen LogP contribution in [0, 0.1) is 0 Å². The maximum absolute atomic E-state index is 10.8. The fourth-order valence-electron chi connectivity index (χ4n) is 1.42. The van der Waals surface area contributed by atoms with Crippen LogP contribution < -0.4 is 4.90 Å². The first-order chi connectivity index (χ1) is 7.25. The molecule has 0 unspecified atom stereocenters. The average Bonchev–Trinajstić information content (AvgIpc) is 2.67. The lowest BCUT2D eigenvalue weighted by atomic mass is 10.3. The first-order valence-corrected chi connectivity index (χ1v) is 4.90. The lowest BCUT2D eigenvalue weighted by Crippen LogP contribution is -2.36. The molecule has 0 atom stereocenters. The smallest absolute Gasteiger partial charge is 0.266 e. The monoisotopic (exact) mass is 211 g/mol. The number of nitrogens with zero attached hydrogens (tertiary/aromatic N) is 3. The van der Waals surface area contributed by atoms with Crippen molar-refractivity contribution in [2.24, 2.45) is 0 Å².